The van der Waals surface area contributed by atoms with E-state index in [9.17, 15) is 8.42 Å². The first-order valence-corrected chi connectivity index (χ1v) is 12.8. The van der Waals surface area contributed by atoms with Crippen molar-refractivity contribution < 1.29 is 17.5 Å². The molecule has 4 aromatic rings. The zero-order valence-electron chi connectivity index (χ0n) is 19.0. The standard InChI is InChI=1S/C23H22FN7O3S/c1-12-16(9-28-22-21(12)26-5-6-34-22)15-7-18-17(20(25)19(15)24)10-29-23(31-18)30-13-3-4-14(27-8-13)11-35(2,32)33/h3-4,7-10,26H,5-6,11,25H2,1-2H3,(H,29,30,31). The van der Waals surface area contributed by atoms with Gasteiger partial charge in [-0.15, -0.1) is 0 Å². The lowest BCUT2D eigenvalue weighted by Crippen LogP contribution is -2.20. The summed E-state index contributed by atoms with van der Waals surface area (Å²) in [6, 6.07) is 4.91. The fraction of sp³-hybridized carbons (Fsp3) is 0.217. The van der Waals surface area contributed by atoms with Gasteiger partial charge in [0.2, 0.25) is 11.8 Å². The molecule has 0 saturated carbocycles. The smallest absolute Gasteiger partial charge is 0.237 e. The predicted octanol–water partition coefficient (Wildman–Crippen LogP) is 3.21. The summed E-state index contributed by atoms with van der Waals surface area (Å²) in [5.41, 5.74) is 9.86. The molecule has 180 valence electrons. The van der Waals surface area contributed by atoms with Gasteiger partial charge in [-0.05, 0) is 30.7 Å². The molecule has 5 rings (SSSR count). The summed E-state index contributed by atoms with van der Waals surface area (Å²) in [6.07, 6.45) is 5.66. The zero-order valence-corrected chi connectivity index (χ0v) is 19.8. The minimum absolute atomic E-state index is 0.0582. The molecule has 4 heterocycles. The van der Waals surface area contributed by atoms with Crippen LogP contribution in [-0.4, -0.2) is 47.8 Å². The van der Waals surface area contributed by atoms with Crippen molar-refractivity contribution in [2.75, 3.05) is 35.8 Å². The van der Waals surface area contributed by atoms with E-state index in [1.54, 1.807) is 24.4 Å². The summed E-state index contributed by atoms with van der Waals surface area (Å²) in [5.74, 6) is 0.0135. The molecule has 1 aliphatic rings. The lowest BCUT2D eigenvalue weighted by molar-refractivity contribution is 0.310. The first-order chi connectivity index (χ1) is 16.7. The number of pyridine rings is 2. The summed E-state index contributed by atoms with van der Waals surface area (Å²) >= 11 is 0. The van der Waals surface area contributed by atoms with E-state index in [1.807, 2.05) is 6.92 Å². The van der Waals surface area contributed by atoms with Crippen LogP contribution in [0.4, 0.5) is 27.4 Å². The molecule has 0 spiro atoms. The van der Waals surface area contributed by atoms with Gasteiger partial charge in [0.1, 0.15) is 12.3 Å². The second-order valence-corrected chi connectivity index (χ2v) is 10.4. The van der Waals surface area contributed by atoms with Crippen LogP contribution >= 0.6 is 0 Å². The van der Waals surface area contributed by atoms with E-state index < -0.39 is 15.7 Å². The highest BCUT2D eigenvalue weighted by Crippen LogP contribution is 2.39. The summed E-state index contributed by atoms with van der Waals surface area (Å²) in [4.78, 5) is 17.2. The average molecular weight is 496 g/mol. The summed E-state index contributed by atoms with van der Waals surface area (Å²) in [7, 11) is -3.18. The lowest BCUT2D eigenvalue weighted by atomic mass is 9.98. The number of ether oxygens (including phenoxy) is 1. The van der Waals surface area contributed by atoms with Gasteiger partial charge in [0, 0.05) is 41.7 Å². The van der Waals surface area contributed by atoms with E-state index in [1.165, 1.54) is 12.4 Å². The molecule has 0 saturated heterocycles. The Morgan fingerprint density at radius 2 is 2.00 bits per heavy atom. The minimum atomic E-state index is -3.18. The van der Waals surface area contributed by atoms with Crippen LogP contribution in [0.1, 0.15) is 11.3 Å². The maximum atomic E-state index is 15.3. The molecule has 0 bridgehead atoms. The van der Waals surface area contributed by atoms with E-state index >= 15 is 4.39 Å². The number of aromatic nitrogens is 4. The maximum Gasteiger partial charge on any atom is 0.237 e. The van der Waals surface area contributed by atoms with Crippen LogP contribution in [0.25, 0.3) is 22.0 Å². The Morgan fingerprint density at radius 3 is 2.74 bits per heavy atom. The number of hydrogen-bond acceptors (Lipinski definition) is 10. The Balaban J connectivity index is 1.51. The number of nitrogen functional groups attached to an aromatic ring is 1. The summed E-state index contributed by atoms with van der Waals surface area (Å²) in [6.45, 7) is 3.01. The monoisotopic (exact) mass is 495 g/mol. The average Bonchev–Trinajstić information content (AvgIpc) is 2.82. The van der Waals surface area contributed by atoms with Crippen LogP contribution in [-0.2, 0) is 15.6 Å². The molecule has 35 heavy (non-hydrogen) atoms. The Labute approximate surface area is 200 Å². The highest BCUT2D eigenvalue weighted by molar-refractivity contribution is 7.89. The van der Waals surface area contributed by atoms with Crippen molar-refractivity contribution in [3.63, 3.8) is 0 Å². The largest absolute Gasteiger partial charge is 0.474 e. The predicted molar refractivity (Wildman–Crippen MR) is 132 cm³/mol. The molecule has 1 aromatic carbocycles. The number of fused-ring (bicyclic) bond motifs is 2. The van der Waals surface area contributed by atoms with Crippen LogP contribution < -0.4 is 21.1 Å². The van der Waals surface area contributed by atoms with Crippen LogP contribution in [0, 0.1) is 12.7 Å². The van der Waals surface area contributed by atoms with E-state index in [4.69, 9.17) is 10.5 Å². The first kappa shape index (κ1) is 22.7. The summed E-state index contributed by atoms with van der Waals surface area (Å²) in [5, 5.41) is 6.65. The Bertz CT molecular complexity index is 1560. The van der Waals surface area contributed by atoms with Gasteiger partial charge < -0.3 is 21.1 Å². The third-order valence-electron chi connectivity index (χ3n) is 5.59. The van der Waals surface area contributed by atoms with Gasteiger partial charge >= 0.3 is 0 Å². The van der Waals surface area contributed by atoms with E-state index in [0.717, 1.165) is 17.5 Å². The van der Waals surface area contributed by atoms with Crippen LogP contribution in [0.3, 0.4) is 0 Å². The number of sulfone groups is 1. The Kier molecular flexibility index (Phi) is 5.59. The van der Waals surface area contributed by atoms with Crippen LogP contribution in [0.15, 0.2) is 36.8 Å². The van der Waals surface area contributed by atoms with Crippen molar-refractivity contribution in [3.8, 4) is 17.0 Å². The van der Waals surface area contributed by atoms with Crippen molar-refractivity contribution >= 4 is 43.8 Å². The van der Waals surface area contributed by atoms with Gasteiger partial charge in [-0.3, -0.25) is 4.98 Å². The van der Waals surface area contributed by atoms with Gasteiger partial charge in [-0.1, -0.05) is 0 Å². The van der Waals surface area contributed by atoms with Crippen molar-refractivity contribution in [1.29, 1.82) is 0 Å². The molecule has 0 amide bonds. The Hall–Kier alpha value is -4.06. The van der Waals surface area contributed by atoms with Gasteiger partial charge in [0.15, 0.2) is 15.7 Å². The third-order valence-corrected chi connectivity index (χ3v) is 6.41. The summed E-state index contributed by atoms with van der Waals surface area (Å²) < 4.78 is 43.8. The number of benzene rings is 1. The number of nitrogens with two attached hydrogens (primary N) is 1. The molecule has 0 fully saturated rings. The van der Waals surface area contributed by atoms with Gasteiger partial charge in [0.05, 0.1) is 34.5 Å². The van der Waals surface area contributed by atoms with Crippen LogP contribution in [0.5, 0.6) is 5.88 Å². The van der Waals surface area contributed by atoms with Crippen LogP contribution in [0.2, 0.25) is 0 Å². The fourth-order valence-electron chi connectivity index (χ4n) is 3.91. The number of hydrogen-bond donors (Lipinski definition) is 3. The lowest BCUT2D eigenvalue weighted by Gasteiger charge is -2.22. The molecule has 0 unspecified atom stereocenters. The highest BCUT2D eigenvalue weighted by atomic mass is 32.2. The molecular formula is C23H22FN7O3S. The number of halogens is 1. The molecule has 10 nitrogen and oxygen atoms in total. The fourth-order valence-corrected chi connectivity index (χ4v) is 4.61. The molecule has 0 radical (unpaired) electrons. The SMILES string of the molecule is Cc1c(-c2cc3nc(Nc4ccc(CS(C)(=O)=O)nc4)ncc3c(N)c2F)cnc2c1NCCO2. The van der Waals surface area contributed by atoms with E-state index in [2.05, 4.69) is 30.6 Å². The normalized spacial score (nSPS) is 13.1. The maximum absolute atomic E-state index is 15.3. The van der Waals surface area contributed by atoms with Crippen molar-refractivity contribution in [1.82, 2.24) is 19.9 Å². The Morgan fingerprint density at radius 1 is 1.17 bits per heavy atom. The molecule has 12 heteroatoms. The van der Waals surface area contributed by atoms with E-state index in [-0.39, 0.29) is 23.0 Å². The second-order valence-electron chi connectivity index (χ2n) is 8.26. The molecule has 4 N–H and O–H groups in total. The highest BCUT2D eigenvalue weighted by Gasteiger charge is 2.21. The zero-order chi connectivity index (χ0) is 24.7. The molecule has 0 atom stereocenters. The number of nitrogens with zero attached hydrogens (tertiary/aromatic N) is 4. The van der Waals surface area contributed by atoms with Gasteiger partial charge in [-0.25, -0.2) is 27.8 Å². The van der Waals surface area contributed by atoms with Gasteiger partial charge in [-0.2, -0.15) is 0 Å². The minimum Gasteiger partial charge on any atom is -0.474 e. The number of anilines is 4. The molecule has 1 aliphatic heterocycles. The van der Waals surface area contributed by atoms with Crippen molar-refractivity contribution in [2.45, 2.75) is 12.7 Å². The molecule has 3 aromatic heterocycles. The number of nitrogens with one attached hydrogen (secondary N) is 2. The molecule has 0 aliphatic carbocycles. The van der Waals surface area contributed by atoms with Gasteiger partial charge in [0.25, 0.3) is 0 Å². The number of rotatable bonds is 5. The van der Waals surface area contributed by atoms with Crippen molar-refractivity contribution in [3.05, 3.63) is 53.9 Å². The first-order valence-electron chi connectivity index (χ1n) is 10.7. The third kappa shape index (κ3) is 4.52. The van der Waals surface area contributed by atoms with E-state index in [0.29, 0.717) is 46.9 Å². The van der Waals surface area contributed by atoms with Crippen molar-refractivity contribution in [2.24, 2.45) is 0 Å². The quantitative estimate of drug-likeness (QED) is 0.353. The topological polar surface area (TPSA) is 145 Å². The second kappa shape index (κ2) is 8.62. The molecular weight excluding hydrogens is 473 g/mol.